The second kappa shape index (κ2) is 19.2. The summed E-state index contributed by atoms with van der Waals surface area (Å²) in [5.41, 5.74) is 0.0475. The Kier molecular flexibility index (Phi) is 14.9. The Hall–Kier alpha value is -0.760. The fourth-order valence-corrected chi connectivity index (χ4v) is 14.2. The number of ether oxygens (including phenoxy) is 7. The fourth-order valence-electron chi connectivity index (χ4n) is 14.2. The minimum absolute atomic E-state index is 0.00000712. The molecule has 8 aliphatic rings. The van der Waals surface area contributed by atoms with Crippen molar-refractivity contribution in [2.45, 2.75) is 202 Å². The second-order valence-electron chi connectivity index (χ2n) is 21.5. The zero-order valence-corrected chi connectivity index (χ0v) is 37.5. The molecule has 8 rings (SSSR count). The van der Waals surface area contributed by atoms with E-state index < -0.39 is 118 Å². The molecular formula is C45H76O19. The summed E-state index contributed by atoms with van der Waals surface area (Å²) in [6.45, 7) is 7.28. The molecule has 4 saturated heterocycles. The van der Waals surface area contributed by atoms with Crippen molar-refractivity contribution in [1.82, 2.24) is 0 Å². The SMILES string of the molecule is C[C@@H](CCC1(O)OC2CC3C4CC[C@@H]5C[C@@H](O[C@@H]6O[C@H](CO)[C@H](O)[C@H](O)[C@H]6O[C@@H]6O[C@H](CO)[C@@H](O)[C@H](O)[C@H]6O)CC[C@]5(C)C4CC[C@]3(C)C2[C@@H]1C)COC1O[C@H](CO)[C@@H](O)[C@H](O)[C@H]1O. The van der Waals surface area contributed by atoms with E-state index in [0.717, 1.165) is 44.9 Å². The monoisotopic (exact) mass is 920 g/mol. The number of hydrogen-bond acceptors (Lipinski definition) is 19. The summed E-state index contributed by atoms with van der Waals surface area (Å²) in [5, 5.41) is 125. The molecular weight excluding hydrogens is 844 g/mol. The van der Waals surface area contributed by atoms with Crippen molar-refractivity contribution in [2.75, 3.05) is 26.4 Å². The van der Waals surface area contributed by atoms with Crippen LogP contribution in [0.25, 0.3) is 0 Å². The molecule has 19 nitrogen and oxygen atoms in total. The van der Waals surface area contributed by atoms with Crippen molar-refractivity contribution >= 4 is 0 Å². The van der Waals surface area contributed by atoms with Gasteiger partial charge in [0.25, 0.3) is 0 Å². The van der Waals surface area contributed by atoms with Gasteiger partial charge in [-0.2, -0.15) is 0 Å². The number of rotatable bonds is 13. The lowest BCUT2D eigenvalue weighted by Gasteiger charge is -2.61. The highest BCUT2D eigenvalue weighted by Crippen LogP contribution is 2.71. The van der Waals surface area contributed by atoms with Crippen LogP contribution in [0, 0.1) is 52.3 Å². The summed E-state index contributed by atoms with van der Waals surface area (Å²) < 4.78 is 42.0. The molecule has 4 aliphatic carbocycles. The van der Waals surface area contributed by atoms with Crippen LogP contribution in [0.4, 0.5) is 0 Å². The summed E-state index contributed by atoms with van der Waals surface area (Å²) in [7, 11) is 0. The van der Waals surface area contributed by atoms with Crippen LogP contribution in [0.5, 0.6) is 0 Å². The Balaban J connectivity index is 0.869. The molecule has 0 spiro atoms. The molecule has 12 N–H and O–H groups in total. The van der Waals surface area contributed by atoms with E-state index in [1.807, 2.05) is 6.92 Å². The molecule has 7 unspecified atom stereocenters. The predicted octanol–water partition coefficient (Wildman–Crippen LogP) is -1.78. The van der Waals surface area contributed by atoms with Crippen molar-refractivity contribution < 1.29 is 94.4 Å². The molecule has 8 fully saturated rings. The number of aliphatic hydroxyl groups excluding tert-OH is 11. The summed E-state index contributed by atoms with van der Waals surface area (Å²) in [5.74, 6) is 0.532. The highest BCUT2D eigenvalue weighted by molar-refractivity contribution is 5.15. The number of aliphatic hydroxyl groups is 12. The summed E-state index contributed by atoms with van der Waals surface area (Å²) in [6, 6.07) is 0. The van der Waals surface area contributed by atoms with E-state index in [1.54, 1.807) is 0 Å². The molecule has 4 heterocycles. The number of fused-ring (bicyclic) bond motifs is 7. The molecule has 64 heavy (non-hydrogen) atoms. The quantitative estimate of drug-likeness (QED) is 0.0909. The van der Waals surface area contributed by atoms with Crippen LogP contribution < -0.4 is 0 Å². The molecule has 4 aliphatic heterocycles. The smallest absolute Gasteiger partial charge is 0.187 e. The highest BCUT2D eigenvalue weighted by atomic mass is 16.8. The van der Waals surface area contributed by atoms with Crippen LogP contribution in [-0.4, -0.2) is 198 Å². The van der Waals surface area contributed by atoms with Gasteiger partial charge in [0.1, 0.15) is 73.2 Å². The topological polar surface area (TPSA) is 307 Å². The molecule has 0 aromatic rings. The first-order valence-electron chi connectivity index (χ1n) is 23.9. The van der Waals surface area contributed by atoms with E-state index in [9.17, 15) is 61.3 Å². The minimum Gasteiger partial charge on any atom is -0.394 e. The summed E-state index contributed by atoms with van der Waals surface area (Å²) >= 11 is 0. The largest absolute Gasteiger partial charge is 0.394 e. The van der Waals surface area contributed by atoms with Gasteiger partial charge in [-0.15, -0.1) is 0 Å². The first-order valence-corrected chi connectivity index (χ1v) is 23.9. The minimum atomic E-state index is -1.75. The molecule has 370 valence electrons. The maximum Gasteiger partial charge on any atom is 0.187 e. The zero-order chi connectivity index (χ0) is 46.2. The van der Waals surface area contributed by atoms with Crippen molar-refractivity contribution in [3.63, 3.8) is 0 Å². The fraction of sp³-hybridized carbons (Fsp3) is 1.00. The van der Waals surface area contributed by atoms with Gasteiger partial charge in [0.2, 0.25) is 0 Å². The second-order valence-corrected chi connectivity index (χ2v) is 21.5. The molecule has 19 heteroatoms. The average Bonchev–Trinajstić information content (AvgIpc) is 3.71. The summed E-state index contributed by atoms with van der Waals surface area (Å²) in [4.78, 5) is 0. The molecule has 4 saturated carbocycles. The molecule has 27 atom stereocenters. The first-order chi connectivity index (χ1) is 30.3. The van der Waals surface area contributed by atoms with Crippen LogP contribution in [-0.2, 0) is 33.2 Å². The van der Waals surface area contributed by atoms with Crippen molar-refractivity contribution in [2.24, 2.45) is 52.3 Å². The third-order valence-corrected chi connectivity index (χ3v) is 18.0. The van der Waals surface area contributed by atoms with Gasteiger partial charge in [-0.25, -0.2) is 0 Å². The average molecular weight is 921 g/mol. The number of hydrogen-bond donors (Lipinski definition) is 12. The Morgan fingerprint density at radius 1 is 0.625 bits per heavy atom. The summed E-state index contributed by atoms with van der Waals surface area (Å²) in [6.07, 6.45) is -13.7. The predicted molar refractivity (Wildman–Crippen MR) is 219 cm³/mol. The van der Waals surface area contributed by atoms with Gasteiger partial charge in [0, 0.05) is 12.3 Å². The molecule has 0 aromatic carbocycles. The van der Waals surface area contributed by atoms with Gasteiger partial charge < -0.3 is 94.4 Å². The lowest BCUT2D eigenvalue weighted by atomic mass is 9.44. The Labute approximate surface area is 374 Å². The zero-order valence-electron chi connectivity index (χ0n) is 37.5. The Morgan fingerprint density at radius 2 is 1.20 bits per heavy atom. The first kappa shape index (κ1) is 49.7. The van der Waals surface area contributed by atoms with Crippen LogP contribution in [0.2, 0.25) is 0 Å². The highest BCUT2D eigenvalue weighted by Gasteiger charge is 2.68. The maximum absolute atomic E-state index is 12.1. The standard InChI is InChI=1S/C45H76O19/c1-19(18-58-40-37(55)34(52)31(49)27(15-46)60-40)7-12-45(57)20(2)30-26(64-45)14-25-23-6-5-21-13-22(8-10-43(21,3)24(23)9-11-44(25,30)4)59-42-39(36(54)33(51)29(17-48)62-42)63-41-38(56)35(53)32(50)28(16-47)61-41/h19-42,46-57H,5-18H2,1-4H3/t19-,20-,21+,22-,23?,24?,25?,26?,27+,28+,29+,30?,31+,32+,33-,34-,35-,36-,37+,38+,39+,40?,41-,42+,43-,44-,45?/m0/s1. The van der Waals surface area contributed by atoms with E-state index in [0.29, 0.717) is 42.9 Å². The van der Waals surface area contributed by atoms with Crippen LogP contribution >= 0.6 is 0 Å². The van der Waals surface area contributed by atoms with Gasteiger partial charge in [-0.1, -0.05) is 27.7 Å². The van der Waals surface area contributed by atoms with E-state index in [1.165, 1.54) is 0 Å². The van der Waals surface area contributed by atoms with Crippen molar-refractivity contribution in [3.05, 3.63) is 0 Å². The van der Waals surface area contributed by atoms with E-state index in [2.05, 4.69) is 20.8 Å². The van der Waals surface area contributed by atoms with Crippen LogP contribution in [0.15, 0.2) is 0 Å². The normalized spacial score (nSPS) is 55.6. The van der Waals surface area contributed by atoms with Crippen molar-refractivity contribution in [1.29, 1.82) is 0 Å². The molecule has 0 bridgehead atoms. The van der Waals surface area contributed by atoms with E-state index in [-0.39, 0.29) is 47.4 Å². The lowest BCUT2D eigenvalue weighted by Crippen LogP contribution is -2.65. The van der Waals surface area contributed by atoms with Gasteiger partial charge >= 0.3 is 0 Å². The Morgan fingerprint density at radius 3 is 1.84 bits per heavy atom. The van der Waals surface area contributed by atoms with Crippen molar-refractivity contribution in [3.8, 4) is 0 Å². The van der Waals surface area contributed by atoms with E-state index >= 15 is 0 Å². The molecule has 0 amide bonds. The third-order valence-electron chi connectivity index (χ3n) is 18.0. The lowest BCUT2D eigenvalue weighted by molar-refractivity contribution is -0.373. The van der Waals surface area contributed by atoms with Gasteiger partial charge in [0.15, 0.2) is 24.7 Å². The van der Waals surface area contributed by atoms with Crippen LogP contribution in [0.1, 0.15) is 91.9 Å². The van der Waals surface area contributed by atoms with Gasteiger partial charge in [-0.3, -0.25) is 0 Å². The maximum atomic E-state index is 12.1. The van der Waals surface area contributed by atoms with Gasteiger partial charge in [0.05, 0.1) is 38.6 Å². The van der Waals surface area contributed by atoms with Gasteiger partial charge in [-0.05, 0) is 104 Å². The molecule has 0 radical (unpaired) electrons. The van der Waals surface area contributed by atoms with E-state index in [4.69, 9.17) is 33.2 Å². The van der Waals surface area contributed by atoms with Crippen LogP contribution in [0.3, 0.4) is 0 Å². The third kappa shape index (κ3) is 8.65. The molecule has 0 aromatic heterocycles. The Bertz CT molecular complexity index is 1560.